The predicted molar refractivity (Wildman–Crippen MR) is 202 cm³/mol. The number of benzene rings is 1. The first-order valence-electron chi connectivity index (χ1n) is 18.2. The number of nitrogens with zero attached hydrogens (tertiary/aromatic N) is 7. The van der Waals surface area contributed by atoms with Crippen LogP contribution in [0.3, 0.4) is 0 Å². The molecule has 0 spiro atoms. The zero-order valence-electron chi connectivity index (χ0n) is 29.7. The third kappa shape index (κ3) is 6.98. The van der Waals surface area contributed by atoms with Crippen molar-refractivity contribution in [3.05, 3.63) is 99.9 Å². The smallest absolute Gasteiger partial charge is 0.266 e. The Morgan fingerprint density at radius 2 is 1.77 bits per heavy atom. The van der Waals surface area contributed by atoms with Gasteiger partial charge in [-0.25, -0.2) is 14.4 Å². The molecule has 8 rings (SSSR count). The molecule has 12 nitrogen and oxygen atoms in total. The van der Waals surface area contributed by atoms with Crippen molar-refractivity contribution in [3.8, 4) is 10.4 Å². The average Bonchev–Trinajstić information content (AvgIpc) is 3.78. The molecular formula is C39H43FN8O4S. The highest BCUT2D eigenvalue weighted by molar-refractivity contribution is 7.17. The minimum Gasteiger partial charge on any atom is -0.388 e. The van der Waals surface area contributed by atoms with Gasteiger partial charge in [0, 0.05) is 94.1 Å². The Bertz CT molecular complexity index is 2170. The van der Waals surface area contributed by atoms with Gasteiger partial charge in [0.1, 0.15) is 28.5 Å². The number of hydrogen-bond acceptors (Lipinski definition) is 9. The fourth-order valence-electron chi connectivity index (χ4n) is 8.03. The number of hydrogen-bond donors (Lipinski definition) is 2. The van der Waals surface area contributed by atoms with Gasteiger partial charge in [0.2, 0.25) is 5.91 Å². The molecule has 0 bridgehead atoms. The van der Waals surface area contributed by atoms with E-state index >= 15 is 4.39 Å². The van der Waals surface area contributed by atoms with Crippen molar-refractivity contribution >= 4 is 40.0 Å². The third-order valence-electron chi connectivity index (χ3n) is 11.1. The molecule has 5 aromatic rings. The number of amides is 2. The van der Waals surface area contributed by atoms with Crippen molar-refractivity contribution in [2.75, 3.05) is 57.3 Å². The van der Waals surface area contributed by atoms with Crippen molar-refractivity contribution in [3.63, 3.8) is 0 Å². The van der Waals surface area contributed by atoms with Crippen LogP contribution in [0.5, 0.6) is 0 Å². The average molecular weight is 739 g/mol. The molecule has 3 fully saturated rings. The Hall–Kier alpha value is -4.92. The fraction of sp³-hybridized carbons (Fsp3) is 0.410. The summed E-state index contributed by atoms with van der Waals surface area (Å²) in [5.41, 5.74) is 0.932. The van der Waals surface area contributed by atoms with E-state index in [2.05, 4.69) is 20.2 Å². The number of halogens is 1. The number of thiophene rings is 1. The van der Waals surface area contributed by atoms with Crippen molar-refractivity contribution < 1.29 is 19.1 Å². The van der Waals surface area contributed by atoms with E-state index in [1.807, 2.05) is 49.5 Å². The lowest BCUT2D eigenvalue weighted by atomic mass is 9.79. The Morgan fingerprint density at radius 1 is 1.00 bits per heavy atom. The Balaban J connectivity index is 0.945. The van der Waals surface area contributed by atoms with E-state index in [0.717, 1.165) is 54.5 Å². The van der Waals surface area contributed by atoms with Gasteiger partial charge in [-0.2, -0.15) is 0 Å². The van der Waals surface area contributed by atoms with Gasteiger partial charge in [0.05, 0.1) is 17.5 Å². The minimum atomic E-state index is -1.16. The van der Waals surface area contributed by atoms with Gasteiger partial charge >= 0.3 is 0 Å². The number of piperazine rings is 1. The highest BCUT2D eigenvalue weighted by atomic mass is 32.1. The van der Waals surface area contributed by atoms with Gasteiger partial charge in [-0.3, -0.25) is 19.0 Å². The zero-order valence-corrected chi connectivity index (χ0v) is 30.5. The lowest BCUT2D eigenvalue weighted by Crippen LogP contribution is -2.53. The molecule has 0 unspecified atom stereocenters. The highest BCUT2D eigenvalue weighted by Crippen LogP contribution is 2.38. The first-order chi connectivity index (χ1) is 25.7. The van der Waals surface area contributed by atoms with E-state index in [4.69, 9.17) is 0 Å². The highest BCUT2D eigenvalue weighted by Gasteiger charge is 2.42. The summed E-state index contributed by atoms with van der Waals surface area (Å²) in [7, 11) is 1.83. The molecule has 3 aliphatic heterocycles. The normalized spacial score (nSPS) is 20.5. The summed E-state index contributed by atoms with van der Waals surface area (Å²) < 4.78 is 18.7. The number of piperidine rings is 2. The molecule has 53 heavy (non-hydrogen) atoms. The maximum Gasteiger partial charge on any atom is 0.266 e. The summed E-state index contributed by atoms with van der Waals surface area (Å²) in [5, 5.41) is 15.4. The molecule has 0 aliphatic carbocycles. The minimum absolute atomic E-state index is 0.0149. The summed E-state index contributed by atoms with van der Waals surface area (Å²) in [6, 6.07) is 16.7. The van der Waals surface area contributed by atoms with Gasteiger partial charge < -0.3 is 29.7 Å². The summed E-state index contributed by atoms with van der Waals surface area (Å²) in [5.74, 6) is -0.740. The van der Waals surface area contributed by atoms with Crippen LogP contribution >= 0.6 is 11.3 Å². The van der Waals surface area contributed by atoms with Gasteiger partial charge in [-0.15, -0.1) is 11.3 Å². The predicted octanol–water partition coefficient (Wildman–Crippen LogP) is 3.71. The molecule has 4 aromatic heterocycles. The van der Waals surface area contributed by atoms with Crippen LogP contribution < -0.4 is 15.8 Å². The molecule has 3 saturated heterocycles. The van der Waals surface area contributed by atoms with Crippen molar-refractivity contribution in [2.24, 2.45) is 13.0 Å². The van der Waals surface area contributed by atoms with Gasteiger partial charge in [0.25, 0.3) is 11.5 Å². The molecule has 7 heterocycles. The zero-order chi connectivity index (χ0) is 36.7. The maximum absolute atomic E-state index is 15.5. The lowest BCUT2D eigenvalue weighted by molar-refractivity contribution is -0.142. The van der Waals surface area contributed by atoms with E-state index < -0.39 is 11.4 Å². The van der Waals surface area contributed by atoms with Gasteiger partial charge in [-0.05, 0) is 49.1 Å². The number of carbonyl (C=O) groups is 2. The first kappa shape index (κ1) is 35.1. The van der Waals surface area contributed by atoms with Crippen LogP contribution in [0, 0.1) is 11.7 Å². The van der Waals surface area contributed by atoms with E-state index in [9.17, 15) is 19.5 Å². The maximum atomic E-state index is 15.5. The molecule has 14 heteroatoms. The van der Waals surface area contributed by atoms with Crippen LogP contribution in [0.15, 0.2) is 78.1 Å². The number of aliphatic hydroxyl groups is 1. The largest absolute Gasteiger partial charge is 0.388 e. The summed E-state index contributed by atoms with van der Waals surface area (Å²) in [4.78, 5) is 56.6. The lowest BCUT2D eigenvalue weighted by Gasteiger charge is -2.43. The topological polar surface area (TPSA) is 129 Å². The molecule has 3 aliphatic rings. The van der Waals surface area contributed by atoms with Crippen LogP contribution in [0.1, 0.15) is 40.4 Å². The Kier molecular flexibility index (Phi) is 9.60. The molecule has 2 atom stereocenters. The van der Waals surface area contributed by atoms with Crippen molar-refractivity contribution in [2.45, 2.75) is 37.3 Å². The van der Waals surface area contributed by atoms with E-state index in [-0.39, 0.29) is 47.2 Å². The van der Waals surface area contributed by atoms with E-state index in [1.165, 1.54) is 17.0 Å². The monoisotopic (exact) mass is 738 g/mol. The Morgan fingerprint density at radius 3 is 2.51 bits per heavy atom. The van der Waals surface area contributed by atoms with Crippen LogP contribution in [0.4, 0.5) is 10.2 Å². The second-order valence-corrected chi connectivity index (χ2v) is 15.5. The molecular weight excluding hydrogens is 696 g/mol. The number of nitrogens with one attached hydrogen (secondary N) is 1. The van der Waals surface area contributed by atoms with Gasteiger partial charge in [0.15, 0.2) is 0 Å². The summed E-state index contributed by atoms with van der Waals surface area (Å²) in [6.45, 7) is 4.95. The van der Waals surface area contributed by atoms with Crippen LogP contribution in [-0.4, -0.2) is 104 Å². The number of anilines is 1. The number of aromatic nitrogens is 4. The number of aryl methyl sites for hydroxylation is 1. The molecule has 0 radical (unpaired) electrons. The number of fused-ring (bicyclic) bond motifs is 1. The number of rotatable bonds is 7. The van der Waals surface area contributed by atoms with E-state index in [1.54, 1.807) is 32.8 Å². The molecule has 1 aromatic carbocycles. The number of pyridine rings is 1. The SMILES string of the molecule is Cn1ccc2c(=O)n(CC3(O)CCN(C(=O)[C@@H]4CCN(C(=O)c5sc(-c6ccc(N7CCNCC7)nc6)cc5F)C[C@H]4c4ccccc4)CC3)cnc21. The van der Waals surface area contributed by atoms with Crippen LogP contribution in [0.25, 0.3) is 21.5 Å². The standard InChI is InChI=1S/C39H43FN8O4S/c1-44-15-9-29-35(44)43-25-48(37(29)50)24-39(52)11-17-46(18-12-39)36(49)28-10-16-47(23-30(28)26-5-3-2-4-6-26)38(51)34-31(40)21-32(53-34)27-7-8-33(42-22-27)45-19-13-41-14-20-45/h2-9,15,21-22,25,28,30,41,52H,10-14,16-20,23-24H2,1H3/t28-,30+/m1/s1. The molecule has 276 valence electrons. The summed E-state index contributed by atoms with van der Waals surface area (Å²) in [6.07, 6.45) is 6.07. The Labute approximate surface area is 310 Å². The first-order valence-corrected chi connectivity index (χ1v) is 19.1. The van der Waals surface area contributed by atoms with E-state index in [0.29, 0.717) is 54.8 Å². The van der Waals surface area contributed by atoms with Crippen LogP contribution in [-0.2, 0) is 18.4 Å². The van der Waals surface area contributed by atoms with Crippen molar-refractivity contribution in [1.29, 1.82) is 0 Å². The second kappa shape index (κ2) is 14.5. The second-order valence-electron chi connectivity index (χ2n) is 14.5. The number of likely N-dealkylation sites (tertiary alicyclic amines) is 2. The molecule has 0 saturated carbocycles. The molecule has 2 N–H and O–H groups in total. The molecule has 2 amide bonds. The fourth-order valence-corrected chi connectivity index (χ4v) is 9.02. The summed E-state index contributed by atoms with van der Waals surface area (Å²) >= 11 is 1.13. The number of carbonyl (C=O) groups excluding carboxylic acids is 2. The van der Waals surface area contributed by atoms with Gasteiger partial charge in [-0.1, -0.05) is 30.3 Å². The van der Waals surface area contributed by atoms with Crippen LogP contribution in [0.2, 0.25) is 0 Å². The quantitative estimate of drug-likeness (QED) is 0.259. The third-order valence-corrected chi connectivity index (χ3v) is 12.3. The van der Waals surface area contributed by atoms with Crippen molar-refractivity contribution in [1.82, 2.24) is 34.2 Å².